The number of hydrogen-bond acceptors (Lipinski definition) is 6. The highest BCUT2D eigenvalue weighted by Crippen LogP contribution is 2.27. The maximum atomic E-state index is 12.6. The molecule has 0 radical (unpaired) electrons. The van der Waals surface area contributed by atoms with Crippen molar-refractivity contribution >= 4 is 21.6 Å². The van der Waals surface area contributed by atoms with Crippen molar-refractivity contribution in [1.29, 1.82) is 5.26 Å². The highest BCUT2D eigenvalue weighted by Gasteiger charge is 2.18. The SMILES string of the molecule is Cc1ccc(CS(=O)(=O)NC(=O)c2ccccc2)cc1-c1cncc(N(C)CC#N)c1. The number of amides is 1. The quantitative estimate of drug-likeness (QED) is 0.573. The third-order valence-corrected chi connectivity index (χ3v) is 5.94. The first-order valence-electron chi connectivity index (χ1n) is 9.52. The molecule has 0 spiro atoms. The Balaban J connectivity index is 1.84. The smallest absolute Gasteiger partial charge is 0.264 e. The molecule has 31 heavy (non-hydrogen) atoms. The summed E-state index contributed by atoms with van der Waals surface area (Å²) in [4.78, 5) is 18.3. The summed E-state index contributed by atoms with van der Waals surface area (Å²) in [6, 6.07) is 17.5. The summed E-state index contributed by atoms with van der Waals surface area (Å²) in [7, 11) is -2.08. The Bertz CT molecular complexity index is 1240. The van der Waals surface area contributed by atoms with Crippen LogP contribution in [0.25, 0.3) is 11.1 Å². The zero-order chi connectivity index (χ0) is 22.4. The lowest BCUT2D eigenvalue weighted by molar-refractivity contribution is 0.0981. The summed E-state index contributed by atoms with van der Waals surface area (Å²) >= 11 is 0. The van der Waals surface area contributed by atoms with Crippen LogP contribution in [0.4, 0.5) is 5.69 Å². The van der Waals surface area contributed by atoms with Gasteiger partial charge in [0, 0.05) is 24.4 Å². The normalized spacial score (nSPS) is 10.9. The van der Waals surface area contributed by atoms with Gasteiger partial charge in [-0.2, -0.15) is 5.26 Å². The number of nitrogens with zero attached hydrogens (tertiary/aromatic N) is 3. The minimum absolute atomic E-state index is 0.226. The summed E-state index contributed by atoms with van der Waals surface area (Å²) in [5.41, 5.74) is 4.21. The van der Waals surface area contributed by atoms with Crippen LogP contribution in [-0.2, 0) is 15.8 Å². The average molecular weight is 435 g/mol. The monoisotopic (exact) mass is 434 g/mol. The van der Waals surface area contributed by atoms with Crippen molar-refractivity contribution in [2.75, 3.05) is 18.5 Å². The van der Waals surface area contributed by atoms with Crippen molar-refractivity contribution in [2.24, 2.45) is 0 Å². The summed E-state index contributed by atoms with van der Waals surface area (Å²) in [5, 5.41) is 8.91. The summed E-state index contributed by atoms with van der Waals surface area (Å²) in [5.74, 6) is -0.995. The second-order valence-electron chi connectivity index (χ2n) is 7.15. The number of aromatic nitrogens is 1. The standard InChI is InChI=1S/C23H22N4O3S/c1-17-8-9-18(16-31(29,30)26-23(28)19-6-4-3-5-7-19)12-22(17)20-13-21(15-25-14-20)27(2)11-10-24/h3-9,12-15H,11,16H2,1-2H3,(H,26,28). The van der Waals surface area contributed by atoms with Gasteiger partial charge in [0.25, 0.3) is 5.91 Å². The second-order valence-corrected chi connectivity index (χ2v) is 8.87. The summed E-state index contributed by atoms with van der Waals surface area (Å²) in [6.07, 6.45) is 3.37. The molecule has 0 aliphatic heterocycles. The molecular weight excluding hydrogens is 412 g/mol. The predicted molar refractivity (Wildman–Crippen MR) is 120 cm³/mol. The van der Waals surface area contributed by atoms with Crippen LogP contribution in [0.1, 0.15) is 21.5 Å². The van der Waals surface area contributed by atoms with Gasteiger partial charge >= 0.3 is 0 Å². The Hall–Kier alpha value is -3.70. The van der Waals surface area contributed by atoms with Crippen LogP contribution in [0, 0.1) is 18.3 Å². The van der Waals surface area contributed by atoms with Crippen molar-refractivity contribution in [3.63, 3.8) is 0 Å². The molecule has 3 rings (SSSR count). The van der Waals surface area contributed by atoms with Gasteiger partial charge in [-0.25, -0.2) is 13.1 Å². The Kier molecular flexibility index (Phi) is 6.68. The molecule has 1 N–H and O–H groups in total. The number of anilines is 1. The van der Waals surface area contributed by atoms with Gasteiger partial charge in [-0.05, 0) is 47.9 Å². The van der Waals surface area contributed by atoms with Crippen LogP contribution >= 0.6 is 0 Å². The van der Waals surface area contributed by atoms with Crippen molar-refractivity contribution in [3.05, 3.63) is 83.7 Å². The van der Waals surface area contributed by atoms with E-state index in [1.54, 1.807) is 66.8 Å². The van der Waals surface area contributed by atoms with Gasteiger partial charge in [-0.3, -0.25) is 9.78 Å². The van der Waals surface area contributed by atoms with Gasteiger partial charge < -0.3 is 4.90 Å². The zero-order valence-electron chi connectivity index (χ0n) is 17.2. The van der Waals surface area contributed by atoms with E-state index in [-0.39, 0.29) is 17.9 Å². The molecule has 0 bridgehead atoms. The average Bonchev–Trinajstić information content (AvgIpc) is 2.75. The number of pyridine rings is 1. The Labute approximate surface area is 182 Å². The number of benzene rings is 2. The number of rotatable bonds is 7. The lowest BCUT2D eigenvalue weighted by Crippen LogP contribution is -2.31. The molecule has 2 aromatic carbocycles. The van der Waals surface area contributed by atoms with Gasteiger partial charge in [-0.15, -0.1) is 0 Å². The van der Waals surface area contributed by atoms with E-state index in [4.69, 9.17) is 5.26 Å². The molecule has 0 aliphatic rings. The van der Waals surface area contributed by atoms with Gasteiger partial charge in [0.15, 0.2) is 0 Å². The molecular formula is C23H22N4O3S. The van der Waals surface area contributed by atoms with Gasteiger partial charge in [-0.1, -0.05) is 30.3 Å². The van der Waals surface area contributed by atoms with Crippen molar-refractivity contribution in [1.82, 2.24) is 9.71 Å². The molecule has 8 heteroatoms. The van der Waals surface area contributed by atoms with Crippen molar-refractivity contribution in [3.8, 4) is 17.2 Å². The number of sulfonamides is 1. The topological polar surface area (TPSA) is 103 Å². The van der Waals surface area contributed by atoms with Gasteiger partial charge in [0.05, 0.1) is 23.7 Å². The molecule has 0 atom stereocenters. The van der Waals surface area contributed by atoms with Gasteiger partial charge in [0.1, 0.15) is 6.54 Å². The summed E-state index contributed by atoms with van der Waals surface area (Å²) < 4.78 is 27.2. The number of nitrogens with one attached hydrogen (secondary N) is 1. The number of aryl methyl sites for hydroxylation is 1. The maximum Gasteiger partial charge on any atom is 0.264 e. The first-order chi connectivity index (χ1) is 14.8. The lowest BCUT2D eigenvalue weighted by Gasteiger charge is -2.16. The van der Waals surface area contributed by atoms with E-state index in [1.165, 1.54) is 0 Å². The molecule has 0 saturated carbocycles. The van der Waals surface area contributed by atoms with E-state index in [0.717, 1.165) is 22.4 Å². The van der Waals surface area contributed by atoms with Gasteiger partial charge in [0.2, 0.25) is 10.0 Å². The highest BCUT2D eigenvalue weighted by atomic mass is 32.2. The van der Waals surface area contributed by atoms with Crippen molar-refractivity contribution < 1.29 is 13.2 Å². The van der Waals surface area contributed by atoms with E-state index in [0.29, 0.717) is 5.56 Å². The fourth-order valence-electron chi connectivity index (χ4n) is 3.10. The molecule has 0 aliphatic carbocycles. The lowest BCUT2D eigenvalue weighted by atomic mass is 9.99. The molecule has 1 amide bonds. The molecule has 1 aromatic heterocycles. The van der Waals surface area contributed by atoms with E-state index in [1.807, 2.05) is 19.1 Å². The van der Waals surface area contributed by atoms with Crippen LogP contribution in [0.15, 0.2) is 67.0 Å². The van der Waals surface area contributed by atoms with Crippen LogP contribution < -0.4 is 9.62 Å². The molecule has 1 heterocycles. The largest absolute Gasteiger partial charge is 0.360 e. The molecule has 0 saturated heterocycles. The fourth-order valence-corrected chi connectivity index (χ4v) is 4.19. The Morgan fingerprint density at radius 3 is 2.58 bits per heavy atom. The third-order valence-electron chi connectivity index (χ3n) is 4.73. The second kappa shape index (κ2) is 9.41. The Morgan fingerprint density at radius 1 is 1.13 bits per heavy atom. The fraction of sp³-hybridized carbons (Fsp3) is 0.174. The highest BCUT2D eigenvalue weighted by molar-refractivity contribution is 7.89. The third kappa shape index (κ3) is 5.68. The van der Waals surface area contributed by atoms with E-state index in [9.17, 15) is 13.2 Å². The number of carbonyl (C=O) groups excluding carboxylic acids is 1. The minimum Gasteiger partial charge on any atom is -0.360 e. The predicted octanol–water partition coefficient (Wildman–Crippen LogP) is 3.28. The molecule has 158 valence electrons. The number of hydrogen-bond donors (Lipinski definition) is 1. The molecule has 7 nitrogen and oxygen atoms in total. The number of nitriles is 1. The van der Waals surface area contributed by atoms with Crippen LogP contribution in [0.3, 0.4) is 0 Å². The first kappa shape index (κ1) is 22.0. The van der Waals surface area contributed by atoms with Crippen LogP contribution in [0.5, 0.6) is 0 Å². The summed E-state index contributed by atoms with van der Waals surface area (Å²) in [6.45, 7) is 2.15. The molecule has 3 aromatic rings. The molecule has 0 unspecified atom stereocenters. The zero-order valence-corrected chi connectivity index (χ0v) is 18.1. The minimum atomic E-state index is -3.88. The van der Waals surface area contributed by atoms with E-state index >= 15 is 0 Å². The number of carbonyl (C=O) groups is 1. The van der Waals surface area contributed by atoms with Crippen LogP contribution in [0.2, 0.25) is 0 Å². The Morgan fingerprint density at radius 2 is 1.87 bits per heavy atom. The van der Waals surface area contributed by atoms with Crippen LogP contribution in [-0.4, -0.2) is 32.9 Å². The molecule has 0 fully saturated rings. The maximum absolute atomic E-state index is 12.6. The van der Waals surface area contributed by atoms with Crippen molar-refractivity contribution in [2.45, 2.75) is 12.7 Å². The van der Waals surface area contributed by atoms with E-state index in [2.05, 4.69) is 15.8 Å². The van der Waals surface area contributed by atoms with E-state index < -0.39 is 15.9 Å². The first-order valence-corrected chi connectivity index (χ1v) is 11.2.